The minimum Gasteiger partial charge on any atom is -0.490 e. The second kappa shape index (κ2) is 4.63. The first-order valence-electron chi connectivity index (χ1n) is 5.72. The van der Waals surface area contributed by atoms with Gasteiger partial charge >= 0.3 is 0 Å². The minimum atomic E-state index is 0.233. The standard InChI is InChI=1S/C12H18O2/c13-11(9-10-5-1-2-6-10)12-7-3-4-8-14-12/h7,10H,1-6,8-9H2. The van der Waals surface area contributed by atoms with Crippen LogP contribution in [0, 0.1) is 5.92 Å². The fourth-order valence-electron chi connectivity index (χ4n) is 2.33. The van der Waals surface area contributed by atoms with Gasteiger partial charge in [0.1, 0.15) is 0 Å². The van der Waals surface area contributed by atoms with Gasteiger partial charge in [0.25, 0.3) is 0 Å². The third-order valence-electron chi connectivity index (χ3n) is 3.16. The number of carbonyl (C=O) groups is 1. The van der Waals surface area contributed by atoms with E-state index in [1.807, 2.05) is 6.08 Å². The quantitative estimate of drug-likeness (QED) is 0.690. The van der Waals surface area contributed by atoms with Gasteiger partial charge in [0.2, 0.25) is 0 Å². The van der Waals surface area contributed by atoms with Gasteiger partial charge in [0, 0.05) is 6.42 Å². The number of hydrogen-bond acceptors (Lipinski definition) is 2. The maximum absolute atomic E-state index is 11.8. The number of Topliss-reactive ketones (excluding diaryl/α,β-unsaturated/α-hetero) is 1. The normalized spacial score (nSPS) is 23.0. The monoisotopic (exact) mass is 194 g/mol. The van der Waals surface area contributed by atoms with Crippen LogP contribution in [-0.2, 0) is 9.53 Å². The van der Waals surface area contributed by atoms with Crippen LogP contribution in [0.4, 0.5) is 0 Å². The molecule has 0 amide bonds. The van der Waals surface area contributed by atoms with Crippen molar-refractivity contribution in [2.24, 2.45) is 5.92 Å². The molecule has 0 unspecified atom stereocenters. The molecule has 1 aliphatic carbocycles. The molecule has 14 heavy (non-hydrogen) atoms. The van der Waals surface area contributed by atoms with Crippen molar-refractivity contribution in [3.63, 3.8) is 0 Å². The van der Waals surface area contributed by atoms with Crippen molar-refractivity contribution in [2.75, 3.05) is 6.61 Å². The molecule has 1 heterocycles. The molecule has 0 aromatic heterocycles. The highest BCUT2D eigenvalue weighted by atomic mass is 16.5. The molecule has 0 bridgehead atoms. The van der Waals surface area contributed by atoms with E-state index < -0.39 is 0 Å². The van der Waals surface area contributed by atoms with E-state index in [9.17, 15) is 4.79 Å². The molecular formula is C12H18O2. The van der Waals surface area contributed by atoms with Crippen molar-refractivity contribution in [3.05, 3.63) is 11.8 Å². The largest absolute Gasteiger partial charge is 0.490 e. The van der Waals surface area contributed by atoms with Crippen LogP contribution in [0.2, 0.25) is 0 Å². The van der Waals surface area contributed by atoms with Crippen LogP contribution in [-0.4, -0.2) is 12.4 Å². The molecule has 0 aromatic rings. The van der Waals surface area contributed by atoms with E-state index in [0.717, 1.165) is 19.4 Å². The summed E-state index contributed by atoms with van der Waals surface area (Å²) in [7, 11) is 0. The van der Waals surface area contributed by atoms with Crippen molar-refractivity contribution in [1.82, 2.24) is 0 Å². The van der Waals surface area contributed by atoms with Crippen LogP contribution in [0.25, 0.3) is 0 Å². The molecule has 0 aromatic carbocycles. The van der Waals surface area contributed by atoms with Crippen LogP contribution in [0.15, 0.2) is 11.8 Å². The van der Waals surface area contributed by atoms with Crippen molar-refractivity contribution in [1.29, 1.82) is 0 Å². The zero-order valence-electron chi connectivity index (χ0n) is 8.63. The first-order chi connectivity index (χ1) is 6.86. The summed E-state index contributed by atoms with van der Waals surface area (Å²) in [6.07, 6.45) is 9.81. The van der Waals surface area contributed by atoms with Gasteiger partial charge in [-0.3, -0.25) is 4.79 Å². The molecule has 0 radical (unpaired) electrons. The summed E-state index contributed by atoms with van der Waals surface area (Å²) < 4.78 is 5.36. The molecule has 1 saturated carbocycles. The van der Waals surface area contributed by atoms with Crippen LogP contribution >= 0.6 is 0 Å². The zero-order chi connectivity index (χ0) is 9.80. The zero-order valence-corrected chi connectivity index (χ0v) is 8.63. The van der Waals surface area contributed by atoms with Gasteiger partial charge in [-0.05, 0) is 24.8 Å². The van der Waals surface area contributed by atoms with E-state index in [2.05, 4.69) is 0 Å². The maximum Gasteiger partial charge on any atom is 0.197 e. The van der Waals surface area contributed by atoms with Gasteiger partial charge in [0.05, 0.1) is 6.61 Å². The minimum absolute atomic E-state index is 0.233. The lowest BCUT2D eigenvalue weighted by Gasteiger charge is -2.15. The SMILES string of the molecule is O=C(CC1CCCC1)C1=CCCCO1. The number of hydrogen-bond donors (Lipinski definition) is 0. The Morgan fingerprint density at radius 3 is 2.79 bits per heavy atom. The Bertz CT molecular complexity index is 237. The Morgan fingerprint density at radius 1 is 1.36 bits per heavy atom. The van der Waals surface area contributed by atoms with Gasteiger partial charge in [-0.25, -0.2) is 0 Å². The lowest BCUT2D eigenvalue weighted by Crippen LogP contribution is -2.13. The van der Waals surface area contributed by atoms with Gasteiger partial charge in [-0.1, -0.05) is 25.7 Å². The Morgan fingerprint density at radius 2 is 2.14 bits per heavy atom. The molecule has 2 nitrogen and oxygen atoms in total. The number of ether oxygens (including phenoxy) is 1. The fourth-order valence-corrected chi connectivity index (χ4v) is 2.33. The Labute approximate surface area is 85.3 Å². The highest BCUT2D eigenvalue weighted by Crippen LogP contribution is 2.29. The van der Waals surface area contributed by atoms with E-state index >= 15 is 0 Å². The maximum atomic E-state index is 11.8. The molecule has 0 N–H and O–H groups in total. The molecule has 2 heteroatoms. The average Bonchev–Trinajstić information content (AvgIpc) is 2.72. The fraction of sp³-hybridized carbons (Fsp3) is 0.750. The topological polar surface area (TPSA) is 26.3 Å². The number of ketones is 1. The molecule has 2 rings (SSSR count). The summed E-state index contributed by atoms with van der Waals surface area (Å²) in [4.78, 5) is 11.8. The van der Waals surface area contributed by atoms with Gasteiger partial charge in [-0.2, -0.15) is 0 Å². The second-order valence-corrected chi connectivity index (χ2v) is 4.34. The highest BCUT2D eigenvalue weighted by molar-refractivity contribution is 5.93. The van der Waals surface area contributed by atoms with E-state index in [-0.39, 0.29) is 5.78 Å². The molecule has 0 spiro atoms. The van der Waals surface area contributed by atoms with Crippen LogP contribution in [0.5, 0.6) is 0 Å². The van der Waals surface area contributed by atoms with E-state index in [1.165, 1.54) is 25.7 Å². The lowest BCUT2D eigenvalue weighted by atomic mass is 9.99. The van der Waals surface area contributed by atoms with E-state index in [1.54, 1.807) is 0 Å². The Hall–Kier alpha value is -0.790. The predicted molar refractivity (Wildman–Crippen MR) is 54.9 cm³/mol. The first-order valence-corrected chi connectivity index (χ1v) is 5.72. The Balaban J connectivity index is 1.84. The summed E-state index contributed by atoms with van der Waals surface area (Å²) in [5, 5.41) is 0. The van der Waals surface area contributed by atoms with Gasteiger partial charge in [-0.15, -0.1) is 0 Å². The average molecular weight is 194 g/mol. The summed E-state index contributed by atoms with van der Waals surface area (Å²) >= 11 is 0. The molecule has 1 fully saturated rings. The van der Waals surface area contributed by atoms with Gasteiger partial charge in [0.15, 0.2) is 11.5 Å². The summed E-state index contributed by atoms with van der Waals surface area (Å²) in [5.74, 6) is 1.51. The molecule has 78 valence electrons. The molecule has 0 atom stereocenters. The molecule has 2 aliphatic rings. The van der Waals surface area contributed by atoms with Crippen molar-refractivity contribution >= 4 is 5.78 Å². The molecule has 1 aliphatic heterocycles. The number of allylic oxidation sites excluding steroid dienone is 2. The third kappa shape index (κ3) is 2.37. The Kier molecular flexibility index (Phi) is 3.22. The van der Waals surface area contributed by atoms with E-state index in [0.29, 0.717) is 18.1 Å². The van der Waals surface area contributed by atoms with Crippen LogP contribution in [0.3, 0.4) is 0 Å². The van der Waals surface area contributed by atoms with Crippen molar-refractivity contribution < 1.29 is 9.53 Å². The summed E-state index contributed by atoms with van der Waals surface area (Å²) in [5.41, 5.74) is 0. The van der Waals surface area contributed by atoms with Crippen molar-refractivity contribution in [3.8, 4) is 0 Å². The predicted octanol–water partition coefficient (Wildman–Crippen LogP) is 2.83. The smallest absolute Gasteiger partial charge is 0.197 e. The summed E-state index contributed by atoms with van der Waals surface area (Å²) in [6.45, 7) is 0.724. The molecular weight excluding hydrogens is 176 g/mol. The number of carbonyl (C=O) groups excluding carboxylic acids is 1. The van der Waals surface area contributed by atoms with Crippen LogP contribution < -0.4 is 0 Å². The highest BCUT2D eigenvalue weighted by Gasteiger charge is 2.21. The van der Waals surface area contributed by atoms with E-state index in [4.69, 9.17) is 4.74 Å². The molecule has 0 saturated heterocycles. The third-order valence-corrected chi connectivity index (χ3v) is 3.16. The first kappa shape index (κ1) is 9.75. The van der Waals surface area contributed by atoms with Crippen LogP contribution in [0.1, 0.15) is 44.9 Å². The van der Waals surface area contributed by atoms with Crippen molar-refractivity contribution in [2.45, 2.75) is 44.9 Å². The number of rotatable bonds is 3. The summed E-state index contributed by atoms with van der Waals surface area (Å²) in [6, 6.07) is 0. The lowest BCUT2D eigenvalue weighted by molar-refractivity contribution is -0.120. The second-order valence-electron chi connectivity index (χ2n) is 4.34. The van der Waals surface area contributed by atoms with Gasteiger partial charge < -0.3 is 4.74 Å².